The molecule has 1 heterocycles. The number of benzene rings is 2. The Morgan fingerprint density at radius 1 is 1.23 bits per heavy atom. The second kappa shape index (κ2) is 8.76. The molecule has 0 amide bonds. The summed E-state index contributed by atoms with van der Waals surface area (Å²) in [7, 11) is 1.65. The molecule has 3 rings (SSSR count). The number of allylic oxidation sites excluding steroid dienone is 2. The first-order chi connectivity index (χ1) is 14.2. The largest absolute Gasteiger partial charge is 0.496 e. The molecule has 0 N–H and O–H groups in total. The summed E-state index contributed by atoms with van der Waals surface area (Å²) in [6.45, 7) is 9.72. The molecule has 0 saturated heterocycles. The number of nitrogens with zero attached hydrogens (tertiary/aromatic N) is 2. The van der Waals surface area contributed by atoms with Crippen molar-refractivity contribution in [1.29, 1.82) is 5.26 Å². The van der Waals surface area contributed by atoms with Crippen molar-refractivity contribution >= 4 is 46.1 Å². The van der Waals surface area contributed by atoms with Gasteiger partial charge in [-0.2, -0.15) is 5.26 Å². The van der Waals surface area contributed by atoms with E-state index >= 15 is 0 Å². The van der Waals surface area contributed by atoms with Crippen molar-refractivity contribution in [3.8, 4) is 11.8 Å². The number of ether oxygens (including phenoxy) is 1. The summed E-state index contributed by atoms with van der Waals surface area (Å²) < 4.78 is 5.72. The fraction of sp³-hybridized carbons (Fsp3) is 0.320. The van der Waals surface area contributed by atoms with Gasteiger partial charge in [0.05, 0.1) is 29.3 Å². The zero-order valence-corrected chi connectivity index (χ0v) is 19.5. The van der Waals surface area contributed by atoms with Crippen LogP contribution in [0.4, 0.5) is 5.69 Å². The second-order valence-electron chi connectivity index (χ2n) is 8.04. The minimum absolute atomic E-state index is 0.0793. The SMILES string of the molecule is CCCN1c2cc(OC)c(/C=C(\C#N)c3ccc(Cl)cc3Cl)cc2C(C)=CC1(C)C. The number of fused-ring (bicyclic) bond motifs is 1. The summed E-state index contributed by atoms with van der Waals surface area (Å²) in [4.78, 5) is 2.41. The van der Waals surface area contributed by atoms with Crippen LogP contribution >= 0.6 is 23.2 Å². The lowest BCUT2D eigenvalue weighted by molar-refractivity contribution is 0.413. The Balaban J connectivity index is 2.19. The fourth-order valence-electron chi connectivity index (χ4n) is 4.08. The molecule has 2 aromatic carbocycles. The number of hydrogen-bond acceptors (Lipinski definition) is 3. The van der Waals surface area contributed by atoms with Crippen LogP contribution < -0.4 is 9.64 Å². The molecule has 0 bridgehead atoms. The molecule has 0 atom stereocenters. The maximum Gasteiger partial charge on any atom is 0.128 e. The van der Waals surface area contributed by atoms with Gasteiger partial charge in [-0.1, -0.05) is 42.3 Å². The Kier molecular flexibility index (Phi) is 6.50. The van der Waals surface area contributed by atoms with Gasteiger partial charge in [0.25, 0.3) is 0 Å². The highest BCUT2D eigenvalue weighted by Crippen LogP contribution is 2.43. The van der Waals surface area contributed by atoms with Gasteiger partial charge in [-0.25, -0.2) is 0 Å². The first kappa shape index (κ1) is 22.3. The average molecular weight is 441 g/mol. The van der Waals surface area contributed by atoms with E-state index < -0.39 is 0 Å². The molecule has 30 heavy (non-hydrogen) atoms. The van der Waals surface area contributed by atoms with Crippen molar-refractivity contribution in [2.45, 2.75) is 39.7 Å². The minimum Gasteiger partial charge on any atom is -0.496 e. The molecule has 0 fully saturated rings. The number of anilines is 1. The third-order valence-electron chi connectivity index (χ3n) is 5.42. The molecule has 0 saturated carbocycles. The molecule has 0 radical (unpaired) electrons. The van der Waals surface area contributed by atoms with Crippen LogP contribution in [-0.4, -0.2) is 19.2 Å². The standard InChI is InChI=1S/C25H26Cl2N2O/c1-6-9-29-23-13-24(30-5)17(11-21(23)16(2)14-25(29,3)4)10-18(15-28)20-8-7-19(26)12-22(20)27/h7-8,10-14H,6,9H2,1-5H3/b18-10+. The molecule has 156 valence electrons. The maximum atomic E-state index is 9.80. The Bertz CT molecular complexity index is 1080. The normalized spacial score (nSPS) is 15.3. The van der Waals surface area contributed by atoms with Crippen LogP contribution in [0.15, 0.2) is 36.4 Å². The quantitative estimate of drug-likeness (QED) is 0.357. The summed E-state index contributed by atoms with van der Waals surface area (Å²) in [6, 6.07) is 11.6. The molecular weight excluding hydrogens is 415 g/mol. The number of rotatable bonds is 5. The summed E-state index contributed by atoms with van der Waals surface area (Å²) in [5, 5.41) is 10.8. The summed E-state index contributed by atoms with van der Waals surface area (Å²) in [6.07, 6.45) is 5.17. The van der Waals surface area contributed by atoms with E-state index in [2.05, 4.69) is 56.9 Å². The van der Waals surface area contributed by atoms with Crippen molar-refractivity contribution in [2.24, 2.45) is 0 Å². The van der Waals surface area contributed by atoms with Gasteiger partial charge >= 0.3 is 0 Å². The van der Waals surface area contributed by atoms with E-state index in [0.717, 1.165) is 35.5 Å². The highest BCUT2D eigenvalue weighted by molar-refractivity contribution is 6.36. The maximum absolute atomic E-state index is 9.80. The zero-order valence-electron chi connectivity index (χ0n) is 18.0. The highest BCUT2D eigenvalue weighted by atomic mass is 35.5. The zero-order chi connectivity index (χ0) is 22.1. The van der Waals surface area contributed by atoms with E-state index in [1.807, 2.05) is 6.08 Å². The van der Waals surface area contributed by atoms with Crippen LogP contribution in [0.25, 0.3) is 17.2 Å². The van der Waals surface area contributed by atoms with E-state index in [1.54, 1.807) is 25.3 Å². The van der Waals surface area contributed by atoms with Crippen molar-refractivity contribution in [1.82, 2.24) is 0 Å². The Morgan fingerprint density at radius 3 is 2.57 bits per heavy atom. The van der Waals surface area contributed by atoms with Gasteiger partial charge in [0, 0.05) is 40.0 Å². The molecule has 0 unspecified atom stereocenters. The molecule has 5 heteroatoms. The molecule has 1 aliphatic rings. The van der Waals surface area contributed by atoms with Crippen LogP contribution in [-0.2, 0) is 0 Å². The lowest BCUT2D eigenvalue weighted by atomic mass is 9.87. The van der Waals surface area contributed by atoms with Gasteiger partial charge in [-0.15, -0.1) is 0 Å². The van der Waals surface area contributed by atoms with Crippen LogP contribution in [0.5, 0.6) is 5.75 Å². The van der Waals surface area contributed by atoms with E-state index in [4.69, 9.17) is 27.9 Å². The van der Waals surface area contributed by atoms with Gasteiger partial charge in [0.15, 0.2) is 0 Å². The van der Waals surface area contributed by atoms with Crippen LogP contribution in [0.3, 0.4) is 0 Å². The minimum atomic E-state index is -0.0793. The molecule has 3 nitrogen and oxygen atoms in total. The number of methoxy groups -OCH3 is 1. The van der Waals surface area contributed by atoms with E-state index in [-0.39, 0.29) is 5.54 Å². The van der Waals surface area contributed by atoms with Crippen molar-refractivity contribution < 1.29 is 4.74 Å². The number of halogens is 2. The summed E-state index contributed by atoms with van der Waals surface area (Å²) in [5.41, 5.74) is 5.37. The Hall–Kier alpha value is -2.41. The topological polar surface area (TPSA) is 36.3 Å². The molecule has 2 aromatic rings. The average Bonchev–Trinajstić information content (AvgIpc) is 2.69. The lowest BCUT2D eigenvalue weighted by Gasteiger charge is -2.43. The highest BCUT2D eigenvalue weighted by Gasteiger charge is 2.31. The van der Waals surface area contributed by atoms with Crippen molar-refractivity contribution in [2.75, 3.05) is 18.6 Å². The Labute approximate surface area is 189 Å². The van der Waals surface area contributed by atoms with Crippen molar-refractivity contribution in [3.05, 3.63) is 63.1 Å². The van der Waals surface area contributed by atoms with Gasteiger partial charge in [-0.05, 0) is 57.0 Å². The summed E-state index contributed by atoms with van der Waals surface area (Å²) in [5.74, 6) is 0.721. The second-order valence-corrected chi connectivity index (χ2v) is 8.88. The van der Waals surface area contributed by atoms with E-state index in [1.165, 1.54) is 5.57 Å². The number of nitriles is 1. The number of hydrogen-bond donors (Lipinski definition) is 0. The van der Waals surface area contributed by atoms with E-state index in [0.29, 0.717) is 21.2 Å². The van der Waals surface area contributed by atoms with Crippen LogP contribution in [0.1, 0.15) is 50.8 Å². The molecule has 1 aliphatic heterocycles. The summed E-state index contributed by atoms with van der Waals surface area (Å²) >= 11 is 12.4. The van der Waals surface area contributed by atoms with Gasteiger partial charge in [-0.3, -0.25) is 0 Å². The smallest absolute Gasteiger partial charge is 0.128 e. The first-order valence-electron chi connectivity index (χ1n) is 9.98. The third kappa shape index (κ3) is 4.21. The molecule has 0 aromatic heterocycles. The Morgan fingerprint density at radius 2 is 1.97 bits per heavy atom. The molecular formula is C25H26Cl2N2O. The molecule has 0 spiro atoms. The van der Waals surface area contributed by atoms with Gasteiger partial charge in [0.2, 0.25) is 0 Å². The predicted octanol–water partition coefficient (Wildman–Crippen LogP) is 7.48. The van der Waals surface area contributed by atoms with Crippen LogP contribution in [0.2, 0.25) is 10.0 Å². The van der Waals surface area contributed by atoms with Gasteiger partial charge in [0.1, 0.15) is 5.75 Å². The third-order valence-corrected chi connectivity index (χ3v) is 5.97. The lowest BCUT2D eigenvalue weighted by Crippen LogP contribution is -2.45. The fourth-order valence-corrected chi connectivity index (χ4v) is 4.59. The van der Waals surface area contributed by atoms with Crippen LogP contribution in [0, 0.1) is 11.3 Å². The predicted molar refractivity (Wildman–Crippen MR) is 128 cm³/mol. The van der Waals surface area contributed by atoms with E-state index in [9.17, 15) is 5.26 Å². The monoisotopic (exact) mass is 440 g/mol. The van der Waals surface area contributed by atoms with Gasteiger partial charge < -0.3 is 9.64 Å². The molecule has 0 aliphatic carbocycles. The van der Waals surface area contributed by atoms with Crippen molar-refractivity contribution in [3.63, 3.8) is 0 Å². The first-order valence-corrected chi connectivity index (χ1v) is 10.7.